The van der Waals surface area contributed by atoms with Gasteiger partial charge in [0, 0.05) is 18.1 Å². The van der Waals surface area contributed by atoms with Gasteiger partial charge in [0.05, 0.1) is 6.61 Å². The number of likely N-dealkylation sites (tertiary alicyclic amines) is 1. The van der Waals surface area contributed by atoms with Crippen LogP contribution >= 0.6 is 0 Å². The fourth-order valence-electron chi connectivity index (χ4n) is 3.04. The lowest BCUT2D eigenvalue weighted by Crippen LogP contribution is -2.52. The molecule has 2 fully saturated rings. The van der Waals surface area contributed by atoms with Gasteiger partial charge in [0.15, 0.2) is 0 Å². The summed E-state index contributed by atoms with van der Waals surface area (Å²) < 4.78 is 0. The molecule has 0 amide bonds. The summed E-state index contributed by atoms with van der Waals surface area (Å²) in [5.74, 6) is 0. The van der Waals surface area contributed by atoms with Gasteiger partial charge in [0.25, 0.3) is 0 Å². The molecule has 1 heterocycles. The van der Waals surface area contributed by atoms with Crippen molar-refractivity contribution in [2.24, 2.45) is 5.73 Å². The molecule has 3 unspecified atom stereocenters. The van der Waals surface area contributed by atoms with Crippen LogP contribution in [0.1, 0.15) is 38.5 Å². The molecular weight excluding hydrogens is 176 g/mol. The SMILES string of the molecule is NC1CCCC1N1CCCCC1CO. The van der Waals surface area contributed by atoms with Gasteiger partial charge in [0.1, 0.15) is 0 Å². The van der Waals surface area contributed by atoms with E-state index in [0.29, 0.717) is 24.7 Å². The minimum Gasteiger partial charge on any atom is -0.395 e. The first-order valence-electron chi connectivity index (χ1n) is 5.95. The molecule has 3 atom stereocenters. The molecule has 3 heteroatoms. The van der Waals surface area contributed by atoms with Gasteiger partial charge >= 0.3 is 0 Å². The van der Waals surface area contributed by atoms with E-state index < -0.39 is 0 Å². The van der Waals surface area contributed by atoms with Crippen molar-refractivity contribution < 1.29 is 5.11 Å². The second kappa shape index (κ2) is 4.60. The molecule has 1 saturated carbocycles. The first-order valence-corrected chi connectivity index (χ1v) is 5.95. The van der Waals surface area contributed by atoms with Crippen molar-refractivity contribution in [3.63, 3.8) is 0 Å². The van der Waals surface area contributed by atoms with E-state index in [1.165, 1.54) is 32.1 Å². The topological polar surface area (TPSA) is 49.5 Å². The standard InChI is InChI=1S/C11H22N2O/c12-10-5-3-6-11(10)13-7-2-1-4-9(13)8-14/h9-11,14H,1-8,12H2. The average Bonchev–Trinajstić information content (AvgIpc) is 2.64. The Morgan fingerprint density at radius 1 is 1.14 bits per heavy atom. The van der Waals surface area contributed by atoms with Crippen molar-refractivity contribution in [1.29, 1.82) is 0 Å². The Balaban J connectivity index is 1.99. The highest BCUT2D eigenvalue weighted by Crippen LogP contribution is 2.28. The van der Waals surface area contributed by atoms with E-state index in [0.717, 1.165) is 13.0 Å². The Labute approximate surface area is 86.3 Å². The third kappa shape index (κ3) is 1.95. The number of nitrogens with two attached hydrogens (primary N) is 1. The van der Waals surface area contributed by atoms with E-state index in [9.17, 15) is 5.11 Å². The van der Waals surface area contributed by atoms with Crippen LogP contribution in [0.15, 0.2) is 0 Å². The maximum Gasteiger partial charge on any atom is 0.0586 e. The molecule has 82 valence electrons. The van der Waals surface area contributed by atoms with Crippen LogP contribution in [0.5, 0.6) is 0 Å². The van der Waals surface area contributed by atoms with Crippen LogP contribution in [0.4, 0.5) is 0 Å². The minimum absolute atomic E-state index is 0.309. The Bertz CT molecular complexity index is 186. The van der Waals surface area contributed by atoms with Crippen LogP contribution in [-0.2, 0) is 0 Å². The molecule has 3 nitrogen and oxygen atoms in total. The van der Waals surface area contributed by atoms with Gasteiger partial charge in [0.2, 0.25) is 0 Å². The van der Waals surface area contributed by atoms with Crippen molar-refractivity contribution in [2.45, 2.75) is 56.7 Å². The van der Waals surface area contributed by atoms with Gasteiger partial charge in [-0.3, -0.25) is 4.90 Å². The smallest absolute Gasteiger partial charge is 0.0586 e. The third-order valence-electron chi connectivity index (χ3n) is 3.84. The summed E-state index contributed by atoms with van der Waals surface area (Å²) in [7, 11) is 0. The Morgan fingerprint density at radius 3 is 2.64 bits per heavy atom. The van der Waals surface area contributed by atoms with Gasteiger partial charge in [-0.15, -0.1) is 0 Å². The van der Waals surface area contributed by atoms with E-state index in [2.05, 4.69) is 4.90 Å². The molecule has 2 aliphatic rings. The average molecular weight is 198 g/mol. The molecule has 0 bridgehead atoms. The number of hydrogen-bond acceptors (Lipinski definition) is 3. The van der Waals surface area contributed by atoms with E-state index in [-0.39, 0.29) is 0 Å². The van der Waals surface area contributed by atoms with E-state index in [4.69, 9.17) is 5.73 Å². The summed E-state index contributed by atoms with van der Waals surface area (Å²) >= 11 is 0. The van der Waals surface area contributed by atoms with Crippen molar-refractivity contribution in [1.82, 2.24) is 4.90 Å². The second-order valence-electron chi connectivity index (χ2n) is 4.73. The summed E-state index contributed by atoms with van der Waals surface area (Å²) in [6, 6.07) is 1.28. The quantitative estimate of drug-likeness (QED) is 0.687. The van der Waals surface area contributed by atoms with E-state index >= 15 is 0 Å². The van der Waals surface area contributed by atoms with Crippen molar-refractivity contribution in [3.8, 4) is 0 Å². The van der Waals surface area contributed by atoms with Crippen LogP contribution in [0.3, 0.4) is 0 Å². The lowest BCUT2D eigenvalue weighted by atomic mass is 9.98. The van der Waals surface area contributed by atoms with Crippen LogP contribution in [0.2, 0.25) is 0 Å². The van der Waals surface area contributed by atoms with E-state index in [1.54, 1.807) is 0 Å². The van der Waals surface area contributed by atoms with Gasteiger partial charge in [-0.1, -0.05) is 12.8 Å². The summed E-state index contributed by atoms with van der Waals surface area (Å²) in [5.41, 5.74) is 6.10. The highest BCUT2D eigenvalue weighted by Gasteiger charge is 2.34. The largest absolute Gasteiger partial charge is 0.395 e. The molecule has 3 N–H and O–H groups in total. The lowest BCUT2D eigenvalue weighted by molar-refractivity contribution is 0.0497. The number of rotatable bonds is 2. The molecule has 0 radical (unpaired) electrons. The normalized spacial score (nSPS) is 40.3. The molecule has 14 heavy (non-hydrogen) atoms. The minimum atomic E-state index is 0.309. The zero-order chi connectivity index (χ0) is 9.97. The monoisotopic (exact) mass is 198 g/mol. The summed E-state index contributed by atoms with van der Waals surface area (Å²) in [4.78, 5) is 2.47. The second-order valence-corrected chi connectivity index (χ2v) is 4.73. The van der Waals surface area contributed by atoms with Crippen LogP contribution in [0, 0.1) is 0 Å². The molecule has 1 aliphatic carbocycles. The number of aliphatic hydroxyl groups is 1. The molecular formula is C11H22N2O. The van der Waals surface area contributed by atoms with Gasteiger partial charge in [-0.2, -0.15) is 0 Å². The molecule has 1 saturated heterocycles. The highest BCUT2D eigenvalue weighted by molar-refractivity contribution is 4.92. The van der Waals surface area contributed by atoms with Crippen molar-refractivity contribution in [2.75, 3.05) is 13.2 Å². The fourth-order valence-corrected chi connectivity index (χ4v) is 3.04. The lowest BCUT2D eigenvalue weighted by Gasteiger charge is -2.40. The molecule has 2 rings (SSSR count). The Kier molecular flexibility index (Phi) is 3.42. The number of piperidine rings is 1. The first-order chi connectivity index (χ1) is 6.83. The summed E-state index contributed by atoms with van der Waals surface area (Å²) in [6.07, 6.45) is 7.36. The molecule has 1 aliphatic heterocycles. The van der Waals surface area contributed by atoms with Gasteiger partial charge < -0.3 is 10.8 Å². The van der Waals surface area contributed by atoms with E-state index in [1.807, 2.05) is 0 Å². The molecule has 0 aromatic heterocycles. The predicted molar refractivity (Wildman–Crippen MR) is 57.0 cm³/mol. The van der Waals surface area contributed by atoms with Crippen LogP contribution in [-0.4, -0.2) is 41.3 Å². The van der Waals surface area contributed by atoms with Gasteiger partial charge in [-0.05, 0) is 32.2 Å². The number of aliphatic hydroxyl groups excluding tert-OH is 1. The number of nitrogens with zero attached hydrogens (tertiary/aromatic N) is 1. The van der Waals surface area contributed by atoms with Crippen LogP contribution < -0.4 is 5.73 Å². The first kappa shape index (κ1) is 10.4. The van der Waals surface area contributed by atoms with Gasteiger partial charge in [-0.25, -0.2) is 0 Å². The van der Waals surface area contributed by atoms with Crippen molar-refractivity contribution >= 4 is 0 Å². The zero-order valence-electron chi connectivity index (χ0n) is 8.86. The third-order valence-corrected chi connectivity index (χ3v) is 3.84. The maximum absolute atomic E-state index is 9.33. The summed E-state index contributed by atoms with van der Waals surface area (Å²) in [5, 5.41) is 9.33. The van der Waals surface area contributed by atoms with Crippen molar-refractivity contribution in [3.05, 3.63) is 0 Å². The summed E-state index contributed by atoms with van der Waals surface area (Å²) in [6.45, 7) is 1.45. The zero-order valence-corrected chi connectivity index (χ0v) is 8.86. The molecule has 0 spiro atoms. The predicted octanol–water partition coefficient (Wildman–Crippen LogP) is 0.713. The maximum atomic E-state index is 9.33. The van der Waals surface area contributed by atoms with Crippen LogP contribution in [0.25, 0.3) is 0 Å². The highest BCUT2D eigenvalue weighted by atomic mass is 16.3. The molecule has 0 aromatic rings. The molecule has 0 aromatic carbocycles. The Hall–Kier alpha value is -0.120. The number of hydrogen-bond donors (Lipinski definition) is 2. The Morgan fingerprint density at radius 2 is 2.00 bits per heavy atom. The fraction of sp³-hybridized carbons (Fsp3) is 1.00.